The molecule has 31 heavy (non-hydrogen) atoms. The van der Waals surface area contributed by atoms with Crippen LogP contribution in [-0.2, 0) is 0 Å². The first-order valence-electron chi connectivity index (χ1n) is 14.5. The molecule has 0 saturated carbocycles. The maximum Gasteiger partial charge on any atom is 0.0154 e. The van der Waals surface area contributed by atoms with Crippen LogP contribution in [-0.4, -0.2) is 11.0 Å². The summed E-state index contributed by atoms with van der Waals surface area (Å²) in [4.78, 5) is 0. The van der Waals surface area contributed by atoms with Gasteiger partial charge in [-0.05, 0) is 19.3 Å². The van der Waals surface area contributed by atoms with Crippen molar-refractivity contribution in [3.8, 4) is 0 Å². The molecule has 0 fully saturated rings. The average molecular weight is 442 g/mol. The highest BCUT2D eigenvalue weighted by molar-refractivity contribution is 4.84. The fourth-order valence-electron chi connectivity index (χ4n) is 4.85. The Kier molecular flexibility index (Phi) is 27.9. The van der Waals surface area contributed by atoms with Gasteiger partial charge in [-0.25, -0.2) is 0 Å². The Hall–Kier alpha value is -0.0800. The van der Waals surface area contributed by atoms with E-state index in [1.807, 2.05) is 0 Å². The van der Waals surface area contributed by atoms with Crippen LogP contribution >= 0.6 is 0 Å². The molecule has 0 aliphatic heterocycles. The number of hydrogen-bond acceptors (Lipinski definition) is 1. The second kappa shape index (κ2) is 26.2. The van der Waals surface area contributed by atoms with Crippen LogP contribution < -0.4 is 5.73 Å². The van der Waals surface area contributed by atoms with E-state index < -0.39 is 0 Å². The highest BCUT2D eigenvalue weighted by Crippen LogP contribution is 2.27. The summed E-state index contributed by atoms with van der Waals surface area (Å²) in [7, 11) is 0. The molecule has 0 aliphatic carbocycles. The minimum Gasteiger partial charge on any atom is -0.412 e. The number of rotatable bonds is 25. The van der Waals surface area contributed by atoms with Crippen LogP contribution in [0.1, 0.15) is 181 Å². The summed E-state index contributed by atoms with van der Waals surface area (Å²) < 4.78 is 0. The van der Waals surface area contributed by atoms with E-state index in [-0.39, 0.29) is 11.0 Å². The maximum absolute atomic E-state index is 7.00. The van der Waals surface area contributed by atoms with Crippen LogP contribution in [0.25, 0.3) is 0 Å². The quantitative estimate of drug-likeness (QED) is 0.141. The van der Waals surface area contributed by atoms with E-state index in [2.05, 4.69) is 20.8 Å². The molecule has 0 radical (unpaired) electrons. The first-order chi connectivity index (χ1) is 14.7. The maximum atomic E-state index is 7.00. The predicted molar refractivity (Wildman–Crippen MR) is 143 cm³/mol. The van der Waals surface area contributed by atoms with Gasteiger partial charge in [0.05, 0.1) is 0 Å². The van der Waals surface area contributed by atoms with Gasteiger partial charge in [-0.15, -0.1) is 0 Å². The lowest BCUT2D eigenvalue weighted by Gasteiger charge is -2.30. The zero-order valence-corrected chi connectivity index (χ0v) is 22.3. The summed E-state index contributed by atoms with van der Waals surface area (Å²) in [6.45, 7) is 6.91. The van der Waals surface area contributed by atoms with E-state index in [9.17, 15) is 0 Å². The molecule has 0 atom stereocenters. The molecule has 2 nitrogen and oxygen atoms in total. The van der Waals surface area contributed by atoms with E-state index in [1.54, 1.807) is 0 Å². The molecule has 0 spiro atoms. The van der Waals surface area contributed by atoms with Crippen molar-refractivity contribution in [1.82, 2.24) is 0 Å². The van der Waals surface area contributed by atoms with E-state index >= 15 is 0 Å². The fraction of sp³-hybridized carbons (Fsp3) is 1.00. The fourth-order valence-corrected chi connectivity index (χ4v) is 4.85. The molecule has 190 valence electrons. The summed E-state index contributed by atoms with van der Waals surface area (Å²) in [6.07, 6.45) is 34.7. The minimum atomic E-state index is 0. The number of nitrogens with two attached hydrogens (primary N) is 1. The van der Waals surface area contributed by atoms with E-state index in [1.165, 1.54) is 161 Å². The summed E-state index contributed by atoms with van der Waals surface area (Å²) in [6, 6.07) is 0. The van der Waals surface area contributed by atoms with Gasteiger partial charge in [0.25, 0.3) is 0 Å². The van der Waals surface area contributed by atoms with Crippen molar-refractivity contribution in [2.24, 2.45) is 5.73 Å². The minimum absolute atomic E-state index is 0. The Balaban J connectivity index is 0. The molecule has 0 saturated heterocycles. The number of unbranched alkanes of at least 4 members (excludes halogenated alkanes) is 19. The molecule has 0 aromatic carbocycles. The first kappa shape index (κ1) is 33.1. The second-order valence-electron chi connectivity index (χ2n) is 10.3. The van der Waals surface area contributed by atoms with Crippen molar-refractivity contribution in [1.29, 1.82) is 0 Å². The van der Waals surface area contributed by atoms with Crippen molar-refractivity contribution < 1.29 is 5.48 Å². The molecule has 0 bridgehead atoms. The topological polar surface area (TPSA) is 57.5 Å². The first-order valence-corrected chi connectivity index (χ1v) is 14.5. The van der Waals surface area contributed by atoms with Gasteiger partial charge in [0.2, 0.25) is 0 Å². The molecule has 2 heteroatoms. The van der Waals surface area contributed by atoms with Gasteiger partial charge >= 0.3 is 0 Å². The number of hydrogen-bond donors (Lipinski definition) is 1. The molecule has 0 aliphatic rings. The lowest BCUT2D eigenvalue weighted by molar-refractivity contribution is 0.302. The standard InChI is InChI=1S/C29H61N.H2O/c1-4-7-10-13-16-18-21-24-27-29(30,26-23-20-15-12-9-6-3)28-25-22-19-17-14-11-8-5-2;/h4-28,30H2,1-3H3;1H2. The van der Waals surface area contributed by atoms with Gasteiger partial charge in [-0.3, -0.25) is 0 Å². The zero-order chi connectivity index (χ0) is 22.2. The largest absolute Gasteiger partial charge is 0.412 e. The third kappa shape index (κ3) is 24.4. The summed E-state index contributed by atoms with van der Waals surface area (Å²) >= 11 is 0. The van der Waals surface area contributed by atoms with Crippen LogP contribution in [0, 0.1) is 0 Å². The van der Waals surface area contributed by atoms with Crippen LogP contribution in [0.5, 0.6) is 0 Å². The highest BCUT2D eigenvalue weighted by Gasteiger charge is 2.23. The smallest absolute Gasteiger partial charge is 0.0154 e. The van der Waals surface area contributed by atoms with Crippen molar-refractivity contribution in [2.75, 3.05) is 0 Å². The zero-order valence-electron chi connectivity index (χ0n) is 22.3. The van der Waals surface area contributed by atoms with Crippen LogP contribution in [0.4, 0.5) is 0 Å². The van der Waals surface area contributed by atoms with Crippen molar-refractivity contribution in [3.05, 3.63) is 0 Å². The molecule has 0 heterocycles. The van der Waals surface area contributed by atoms with Gasteiger partial charge in [0.15, 0.2) is 0 Å². The molecule has 0 rings (SSSR count). The van der Waals surface area contributed by atoms with E-state index in [0.717, 1.165) is 0 Å². The Labute approximate surface area is 198 Å². The normalized spacial score (nSPS) is 11.6. The highest BCUT2D eigenvalue weighted by atomic mass is 16.0. The molecule has 0 amide bonds. The van der Waals surface area contributed by atoms with E-state index in [4.69, 9.17) is 5.73 Å². The Morgan fingerprint density at radius 1 is 0.355 bits per heavy atom. The third-order valence-corrected chi connectivity index (χ3v) is 7.08. The second-order valence-corrected chi connectivity index (χ2v) is 10.3. The summed E-state index contributed by atoms with van der Waals surface area (Å²) in [5, 5.41) is 0. The average Bonchev–Trinajstić information content (AvgIpc) is 2.74. The molecule has 0 aromatic rings. The van der Waals surface area contributed by atoms with Gasteiger partial charge in [0, 0.05) is 5.54 Å². The Morgan fingerprint density at radius 3 is 0.774 bits per heavy atom. The van der Waals surface area contributed by atoms with Crippen molar-refractivity contribution in [3.63, 3.8) is 0 Å². The van der Waals surface area contributed by atoms with Gasteiger partial charge in [-0.1, -0.05) is 162 Å². The van der Waals surface area contributed by atoms with Crippen molar-refractivity contribution >= 4 is 0 Å². The SMILES string of the molecule is CCCCCCCCCCC(N)(CCCCCCCC)CCCCCCCCCC.O. The summed E-state index contributed by atoms with van der Waals surface area (Å²) in [5.41, 5.74) is 7.13. The Morgan fingerprint density at radius 2 is 0.548 bits per heavy atom. The summed E-state index contributed by atoms with van der Waals surface area (Å²) in [5.74, 6) is 0. The monoisotopic (exact) mass is 441 g/mol. The molecule has 4 N–H and O–H groups in total. The lowest BCUT2D eigenvalue weighted by atomic mass is 9.82. The van der Waals surface area contributed by atoms with Gasteiger partial charge in [0.1, 0.15) is 0 Å². The molecular weight excluding hydrogens is 378 g/mol. The molecule has 0 unspecified atom stereocenters. The third-order valence-electron chi connectivity index (χ3n) is 7.08. The van der Waals surface area contributed by atoms with Gasteiger partial charge in [-0.2, -0.15) is 0 Å². The molecular formula is C29H63NO. The van der Waals surface area contributed by atoms with E-state index in [0.29, 0.717) is 0 Å². The van der Waals surface area contributed by atoms with Crippen LogP contribution in [0.15, 0.2) is 0 Å². The van der Waals surface area contributed by atoms with Gasteiger partial charge < -0.3 is 11.2 Å². The van der Waals surface area contributed by atoms with Crippen LogP contribution in [0.3, 0.4) is 0 Å². The molecule has 0 aromatic heterocycles. The predicted octanol–water partition coefficient (Wildman–Crippen LogP) is 9.67. The van der Waals surface area contributed by atoms with Crippen molar-refractivity contribution in [2.45, 2.75) is 187 Å². The van der Waals surface area contributed by atoms with Crippen LogP contribution in [0.2, 0.25) is 0 Å². The lowest BCUT2D eigenvalue weighted by Crippen LogP contribution is -2.39. The Bertz CT molecular complexity index is 298.